The zero-order valence-corrected chi connectivity index (χ0v) is 18.7. The van der Waals surface area contributed by atoms with Crippen molar-refractivity contribution in [2.45, 2.75) is 27.3 Å². The summed E-state index contributed by atoms with van der Waals surface area (Å²) in [4.78, 5) is 47.6. The summed E-state index contributed by atoms with van der Waals surface area (Å²) in [5, 5.41) is 2.40. The lowest BCUT2D eigenvalue weighted by molar-refractivity contribution is -0.115. The van der Waals surface area contributed by atoms with Gasteiger partial charge in [0.25, 0.3) is 5.56 Å². The summed E-state index contributed by atoms with van der Waals surface area (Å²) in [6.07, 6.45) is 1.52. The maximum absolute atomic E-state index is 12.6. The average molecular weight is 439 g/mol. The molecule has 0 spiro atoms. The van der Waals surface area contributed by atoms with Crippen LogP contribution in [0.15, 0.2) is 39.5 Å². The molecule has 0 aliphatic heterocycles. The third kappa shape index (κ3) is 3.48. The van der Waals surface area contributed by atoms with E-state index in [4.69, 9.17) is 0 Å². The molecule has 9 nitrogen and oxygen atoms in total. The Kier molecular flexibility index (Phi) is 5.10. The van der Waals surface area contributed by atoms with Crippen LogP contribution in [0.2, 0.25) is 0 Å². The summed E-state index contributed by atoms with van der Waals surface area (Å²) in [7, 11) is 3.02. The number of anilines is 2. The van der Waals surface area contributed by atoms with Crippen LogP contribution >= 0.6 is 11.3 Å². The zero-order valence-electron chi connectivity index (χ0n) is 17.9. The third-order valence-corrected chi connectivity index (χ3v) is 6.22. The number of rotatable bonds is 4. The maximum atomic E-state index is 12.6. The van der Waals surface area contributed by atoms with E-state index in [2.05, 4.69) is 9.97 Å². The van der Waals surface area contributed by atoms with Gasteiger partial charge in [0.15, 0.2) is 16.3 Å². The molecule has 0 radical (unpaired) electrons. The van der Waals surface area contributed by atoms with Crippen molar-refractivity contribution in [3.8, 4) is 0 Å². The van der Waals surface area contributed by atoms with E-state index >= 15 is 0 Å². The Labute approximate surface area is 181 Å². The summed E-state index contributed by atoms with van der Waals surface area (Å²) < 4.78 is 4.07. The summed E-state index contributed by atoms with van der Waals surface area (Å²) in [6.45, 7) is 5.82. The lowest BCUT2D eigenvalue weighted by atomic mass is 10.1. The van der Waals surface area contributed by atoms with E-state index in [-0.39, 0.29) is 5.91 Å². The molecule has 0 aliphatic rings. The van der Waals surface area contributed by atoms with E-state index in [0.29, 0.717) is 28.5 Å². The number of imidazole rings is 1. The minimum Gasteiger partial charge on any atom is -0.319 e. The molecule has 0 unspecified atom stereocenters. The number of aryl methyl sites for hydroxylation is 3. The number of thiazole rings is 1. The standard InChI is InChI=1S/C21H22N6O3S/c1-12-6-7-16(8-13(12)2)27(14(3)28)20-23-15(10-31-20)9-26-11-22-18-17(26)19(29)25(5)21(30)24(18)4/h6-8,10-11H,9H2,1-5H3. The van der Waals surface area contributed by atoms with Gasteiger partial charge in [0.05, 0.1) is 24.3 Å². The minimum atomic E-state index is -0.427. The van der Waals surface area contributed by atoms with Gasteiger partial charge in [-0.15, -0.1) is 11.3 Å². The van der Waals surface area contributed by atoms with Gasteiger partial charge in [-0.3, -0.25) is 23.6 Å². The fourth-order valence-corrected chi connectivity index (χ4v) is 4.33. The number of carbonyl (C=O) groups is 1. The molecule has 0 saturated heterocycles. The van der Waals surface area contributed by atoms with Gasteiger partial charge < -0.3 is 4.57 Å². The Balaban J connectivity index is 1.72. The smallest absolute Gasteiger partial charge is 0.319 e. The maximum Gasteiger partial charge on any atom is 0.332 e. The van der Waals surface area contributed by atoms with Crippen molar-refractivity contribution < 1.29 is 4.79 Å². The Morgan fingerprint density at radius 2 is 1.87 bits per heavy atom. The molecule has 1 amide bonds. The van der Waals surface area contributed by atoms with Crippen LogP contribution in [0, 0.1) is 13.8 Å². The molecule has 0 aliphatic carbocycles. The molecule has 3 heterocycles. The van der Waals surface area contributed by atoms with E-state index in [9.17, 15) is 14.4 Å². The van der Waals surface area contributed by atoms with E-state index < -0.39 is 11.2 Å². The average Bonchev–Trinajstić information content (AvgIpc) is 3.35. The van der Waals surface area contributed by atoms with E-state index in [1.54, 1.807) is 16.5 Å². The highest BCUT2D eigenvalue weighted by atomic mass is 32.1. The summed E-state index contributed by atoms with van der Waals surface area (Å²) in [5.74, 6) is -0.138. The summed E-state index contributed by atoms with van der Waals surface area (Å²) >= 11 is 1.35. The monoisotopic (exact) mass is 438 g/mol. The summed E-state index contributed by atoms with van der Waals surface area (Å²) in [5.41, 5.74) is 3.50. The SMILES string of the molecule is CC(=O)N(c1ccc(C)c(C)c1)c1nc(Cn2cnc3c2c(=O)n(C)c(=O)n3C)cs1. The number of benzene rings is 1. The zero-order chi connectivity index (χ0) is 22.4. The molecule has 3 aromatic heterocycles. The lowest BCUT2D eigenvalue weighted by Gasteiger charge is -2.19. The van der Waals surface area contributed by atoms with Crippen LogP contribution in [0.3, 0.4) is 0 Å². The Morgan fingerprint density at radius 3 is 2.55 bits per heavy atom. The van der Waals surface area contributed by atoms with Crippen LogP contribution in [-0.4, -0.2) is 29.6 Å². The van der Waals surface area contributed by atoms with Crippen LogP contribution in [0.4, 0.5) is 10.8 Å². The lowest BCUT2D eigenvalue weighted by Crippen LogP contribution is -2.37. The number of amides is 1. The third-order valence-electron chi connectivity index (χ3n) is 5.34. The molecular formula is C21H22N6O3S. The van der Waals surface area contributed by atoms with Gasteiger partial charge in [0.2, 0.25) is 5.91 Å². The molecule has 0 bridgehead atoms. The first kappa shape index (κ1) is 20.7. The second-order valence-corrected chi connectivity index (χ2v) is 8.33. The molecule has 4 aromatic rings. The van der Waals surface area contributed by atoms with Crippen molar-refractivity contribution in [1.82, 2.24) is 23.7 Å². The van der Waals surface area contributed by atoms with Crippen molar-refractivity contribution in [2.75, 3.05) is 4.90 Å². The van der Waals surface area contributed by atoms with Gasteiger partial charge >= 0.3 is 5.69 Å². The van der Waals surface area contributed by atoms with Crippen LogP contribution in [0.25, 0.3) is 11.2 Å². The first-order valence-corrected chi connectivity index (χ1v) is 10.5. The van der Waals surface area contributed by atoms with Crippen LogP contribution in [0.5, 0.6) is 0 Å². The highest BCUT2D eigenvalue weighted by molar-refractivity contribution is 7.14. The number of fused-ring (bicyclic) bond motifs is 1. The molecule has 0 atom stereocenters. The van der Waals surface area contributed by atoms with Gasteiger partial charge in [-0.05, 0) is 37.1 Å². The van der Waals surface area contributed by atoms with Gasteiger partial charge in [0, 0.05) is 26.4 Å². The normalized spacial score (nSPS) is 11.3. The first-order chi connectivity index (χ1) is 14.7. The first-order valence-electron chi connectivity index (χ1n) is 9.62. The van der Waals surface area contributed by atoms with E-state index in [0.717, 1.165) is 21.4 Å². The predicted octanol–water partition coefficient (Wildman–Crippen LogP) is 2.24. The quantitative estimate of drug-likeness (QED) is 0.487. The van der Waals surface area contributed by atoms with E-state index in [1.807, 2.05) is 37.4 Å². The minimum absolute atomic E-state index is 0.138. The fraction of sp³-hybridized carbons (Fsp3) is 0.286. The largest absolute Gasteiger partial charge is 0.332 e. The molecular weight excluding hydrogens is 416 g/mol. The number of hydrogen-bond acceptors (Lipinski definition) is 6. The summed E-state index contributed by atoms with van der Waals surface area (Å²) in [6, 6.07) is 5.84. The molecule has 0 saturated carbocycles. The molecule has 0 N–H and O–H groups in total. The van der Waals surface area contributed by atoms with Gasteiger partial charge in [0.1, 0.15) is 0 Å². The number of aromatic nitrogens is 5. The molecule has 0 fully saturated rings. The van der Waals surface area contributed by atoms with Gasteiger partial charge in [-0.1, -0.05) is 6.07 Å². The topological polar surface area (TPSA) is 95.0 Å². The predicted molar refractivity (Wildman–Crippen MR) is 120 cm³/mol. The second kappa shape index (κ2) is 7.62. The number of nitrogens with zero attached hydrogens (tertiary/aromatic N) is 6. The van der Waals surface area contributed by atoms with Crippen molar-refractivity contribution >= 4 is 39.2 Å². The van der Waals surface area contributed by atoms with Crippen LogP contribution in [-0.2, 0) is 25.4 Å². The van der Waals surface area contributed by atoms with Crippen LogP contribution in [0.1, 0.15) is 23.7 Å². The van der Waals surface area contributed by atoms with Crippen molar-refractivity contribution in [3.05, 3.63) is 67.6 Å². The van der Waals surface area contributed by atoms with Crippen molar-refractivity contribution in [1.29, 1.82) is 0 Å². The Bertz CT molecular complexity index is 1440. The highest BCUT2D eigenvalue weighted by Crippen LogP contribution is 2.30. The molecule has 1 aromatic carbocycles. The molecule has 4 rings (SSSR count). The molecule has 160 valence electrons. The Hall–Kier alpha value is -3.53. The molecule has 31 heavy (non-hydrogen) atoms. The number of carbonyl (C=O) groups excluding carboxylic acids is 1. The van der Waals surface area contributed by atoms with Gasteiger partial charge in [-0.2, -0.15) is 0 Å². The highest BCUT2D eigenvalue weighted by Gasteiger charge is 2.20. The molecule has 10 heteroatoms. The number of hydrogen-bond donors (Lipinski definition) is 0. The Morgan fingerprint density at radius 1 is 1.13 bits per heavy atom. The van der Waals surface area contributed by atoms with Crippen LogP contribution < -0.4 is 16.1 Å². The fourth-order valence-electron chi connectivity index (χ4n) is 3.45. The van der Waals surface area contributed by atoms with Gasteiger partial charge in [-0.25, -0.2) is 14.8 Å². The van der Waals surface area contributed by atoms with E-state index in [1.165, 1.54) is 36.2 Å². The van der Waals surface area contributed by atoms with Crippen molar-refractivity contribution in [3.63, 3.8) is 0 Å². The second-order valence-electron chi connectivity index (χ2n) is 7.49. The van der Waals surface area contributed by atoms with Crippen molar-refractivity contribution in [2.24, 2.45) is 14.1 Å².